The molecule has 0 saturated carbocycles. The number of nitrogens with zero attached hydrogens (tertiary/aromatic N) is 2. The topological polar surface area (TPSA) is 36.8 Å². The van der Waals surface area contributed by atoms with Crippen molar-refractivity contribution >= 4 is 17.2 Å². The van der Waals surface area contributed by atoms with E-state index in [1.807, 2.05) is 48.5 Å². The van der Waals surface area contributed by atoms with Gasteiger partial charge in [0.25, 0.3) is 0 Å². The quantitative estimate of drug-likeness (QED) is 0.726. The largest absolute Gasteiger partial charge is 0.260 e. The molecule has 25 heavy (non-hydrogen) atoms. The van der Waals surface area contributed by atoms with Crippen LogP contribution in [0, 0.1) is 13.8 Å². The number of aliphatic imine (C=N–C) groups is 1. The fraction of sp³-hybridized carbons (Fsp3) is 0.0909. The smallest absolute Gasteiger partial charge is 0.154 e. The van der Waals surface area contributed by atoms with Gasteiger partial charge in [0, 0.05) is 16.7 Å². The van der Waals surface area contributed by atoms with Gasteiger partial charge in [0.2, 0.25) is 0 Å². The van der Waals surface area contributed by atoms with Crippen LogP contribution in [0.5, 0.6) is 0 Å². The summed E-state index contributed by atoms with van der Waals surface area (Å²) in [6.07, 6.45) is 0. The molecule has 0 bridgehead atoms. The van der Waals surface area contributed by atoms with Crippen molar-refractivity contribution in [2.75, 3.05) is 0 Å². The molecule has 0 saturated heterocycles. The molecule has 0 aliphatic carbocycles. The Morgan fingerprint density at radius 2 is 1.28 bits per heavy atom. The summed E-state index contributed by atoms with van der Waals surface area (Å²) in [6.45, 7) is 4.21. The highest BCUT2D eigenvalue weighted by Gasteiger charge is 2.20. The second-order valence-corrected chi connectivity index (χ2v) is 6.19. The first kappa shape index (κ1) is 15.3. The molecule has 0 atom stereocenters. The summed E-state index contributed by atoms with van der Waals surface area (Å²) in [7, 11) is 0. The molecule has 4 rings (SSSR count). The summed E-state index contributed by atoms with van der Waals surface area (Å²) in [5.74, 6) is 0.765. The van der Waals surface area contributed by atoms with Crippen molar-refractivity contribution in [3.8, 4) is 0 Å². The van der Waals surface area contributed by atoms with E-state index in [1.54, 1.807) is 0 Å². The fourth-order valence-corrected chi connectivity index (χ4v) is 3.07. The SMILES string of the molecule is Cc1ccc(C)c2c1N=C(c1ccccc1)NN=C2c1ccccc1. The zero-order valence-corrected chi connectivity index (χ0v) is 14.3. The molecule has 0 aromatic heterocycles. The van der Waals surface area contributed by atoms with E-state index in [0.29, 0.717) is 0 Å². The maximum atomic E-state index is 4.94. The number of hydrazone groups is 1. The molecule has 122 valence electrons. The van der Waals surface area contributed by atoms with E-state index in [2.05, 4.69) is 43.5 Å². The van der Waals surface area contributed by atoms with Crippen LogP contribution in [0.3, 0.4) is 0 Å². The third-order valence-electron chi connectivity index (χ3n) is 4.42. The van der Waals surface area contributed by atoms with Gasteiger partial charge in [-0.1, -0.05) is 72.8 Å². The van der Waals surface area contributed by atoms with E-state index >= 15 is 0 Å². The van der Waals surface area contributed by atoms with Crippen LogP contribution in [0.25, 0.3) is 0 Å². The number of hydrogen-bond donors (Lipinski definition) is 1. The Labute approximate surface area is 147 Å². The van der Waals surface area contributed by atoms with E-state index in [9.17, 15) is 0 Å². The van der Waals surface area contributed by atoms with E-state index in [4.69, 9.17) is 10.1 Å². The van der Waals surface area contributed by atoms with Crippen molar-refractivity contribution in [1.82, 2.24) is 5.43 Å². The number of aryl methyl sites for hydroxylation is 2. The van der Waals surface area contributed by atoms with Gasteiger partial charge < -0.3 is 0 Å². The molecule has 1 heterocycles. The molecular formula is C22H19N3. The summed E-state index contributed by atoms with van der Waals surface area (Å²) in [5.41, 5.74) is 10.6. The van der Waals surface area contributed by atoms with Crippen molar-refractivity contribution in [2.24, 2.45) is 10.1 Å². The fourth-order valence-electron chi connectivity index (χ4n) is 3.07. The van der Waals surface area contributed by atoms with Gasteiger partial charge in [-0.25, -0.2) is 4.99 Å². The van der Waals surface area contributed by atoms with Gasteiger partial charge >= 0.3 is 0 Å². The van der Waals surface area contributed by atoms with Crippen LogP contribution in [0.1, 0.15) is 27.8 Å². The predicted octanol–water partition coefficient (Wildman–Crippen LogP) is 4.74. The molecule has 3 nitrogen and oxygen atoms in total. The van der Waals surface area contributed by atoms with Gasteiger partial charge in [0.05, 0.1) is 5.69 Å². The molecule has 0 unspecified atom stereocenters. The minimum Gasteiger partial charge on any atom is -0.260 e. The highest BCUT2D eigenvalue weighted by molar-refractivity contribution is 6.19. The van der Waals surface area contributed by atoms with Crippen LogP contribution in [0.4, 0.5) is 5.69 Å². The lowest BCUT2D eigenvalue weighted by atomic mass is 9.94. The molecule has 3 aromatic carbocycles. The van der Waals surface area contributed by atoms with Gasteiger partial charge in [-0.05, 0) is 25.0 Å². The maximum absolute atomic E-state index is 4.94. The molecule has 3 aromatic rings. The molecule has 0 radical (unpaired) electrons. The molecule has 0 fully saturated rings. The number of nitrogens with one attached hydrogen (secondary N) is 1. The third kappa shape index (κ3) is 2.85. The van der Waals surface area contributed by atoms with Crippen molar-refractivity contribution in [3.63, 3.8) is 0 Å². The van der Waals surface area contributed by atoms with Gasteiger partial charge in [0.15, 0.2) is 5.84 Å². The average Bonchev–Trinajstić information content (AvgIpc) is 2.87. The van der Waals surface area contributed by atoms with Crippen LogP contribution in [0.2, 0.25) is 0 Å². The normalized spacial score (nSPS) is 13.2. The van der Waals surface area contributed by atoms with Crippen LogP contribution in [0.15, 0.2) is 82.9 Å². The Kier molecular flexibility index (Phi) is 3.90. The average molecular weight is 325 g/mol. The predicted molar refractivity (Wildman–Crippen MR) is 104 cm³/mol. The lowest BCUT2D eigenvalue weighted by molar-refractivity contribution is 1.03. The van der Waals surface area contributed by atoms with Crippen LogP contribution >= 0.6 is 0 Å². The second-order valence-electron chi connectivity index (χ2n) is 6.19. The summed E-state index contributed by atoms with van der Waals surface area (Å²) in [5, 5.41) is 4.73. The van der Waals surface area contributed by atoms with E-state index in [1.165, 1.54) is 5.56 Å². The molecule has 0 amide bonds. The first-order chi connectivity index (χ1) is 12.2. The lowest BCUT2D eigenvalue weighted by Gasteiger charge is -2.12. The molecule has 3 heteroatoms. The summed E-state index contributed by atoms with van der Waals surface area (Å²) < 4.78 is 0. The number of rotatable bonds is 2. The van der Waals surface area contributed by atoms with Gasteiger partial charge in [-0.2, -0.15) is 5.10 Å². The first-order valence-electron chi connectivity index (χ1n) is 8.38. The van der Waals surface area contributed by atoms with E-state index in [0.717, 1.165) is 39.5 Å². The van der Waals surface area contributed by atoms with E-state index in [-0.39, 0.29) is 0 Å². The van der Waals surface area contributed by atoms with Gasteiger partial charge in [-0.15, -0.1) is 0 Å². The summed E-state index contributed by atoms with van der Waals surface area (Å²) >= 11 is 0. The summed E-state index contributed by atoms with van der Waals surface area (Å²) in [6, 6.07) is 24.6. The van der Waals surface area contributed by atoms with Crippen molar-refractivity contribution in [2.45, 2.75) is 13.8 Å². The van der Waals surface area contributed by atoms with Crippen LogP contribution in [-0.2, 0) is 0 Å². The Bertz CT molecular complexity index is 971. The second kappa shape index (κ2) is 6.36. The highest BCUT2D eigenvalue weighted by Crippen LogP contribution is 2.31. The van der Waals surface area contributed by atoms with Crippen molar-refractivity contribution < 1.29 is 0 Å². The lowest BCUT2D eigenvalue weighted by Crippen LogP contribution is -2.19. The Hall–Kier alpha value is -3.20. The molecule has 0 spiro atoms. The number of hydrogen-bond acceptors (Lipinski definition) is 3. The molecule has 1 aliphatic rings. The molecule has 1 aliphatic heterocycles. The maximum Gasteiger partial charge on any atom is 0.154 e. The number of amidine groups is 1. The Morgan fingerprint density at radius 1 is 0.680 bits per heavy atom. The zero-order valence-electron chi connectivity index (χ0n) is 14.3. The van der Waals surface area contributed by atoms with Gasteiger partial charge in [-0.3, -0.25) is 5.43 Å². The van der Waals surface area contributed by atoms with Crippen LogP contribution in [-0.4, -0.2) is 11.5 Å². The first-order valence-corrected chi connectivity index (χ1v) is 8.38. The Morgan fingerprint density at radius 3 is 1.96 bits per heavy atom. The monoisotopic (exact) mass is 325 g/mol. The van der Waals surface area contributed by atoms with Crippen molar-refractivity contribution in [3.05, 3.63) is 101 Å². The standard InChI is InChI=1S/C22H19N3/c1-15-13-14-16(2)20-19(15)21(17-9-5-3-6-10-17)24-25-22(23-20)18-11-7-4-8-12-18/h3-14H,1-2H3,(H,23,25). The third-order valence-corrected chi connectivity index (χ3v) is 4.42. The molecule has 1 N–H and O–H groups in total. The minimum absolute atomic E-state index is 0.765. The van der Waals surface area contributed by atoms with Crippen molar-refractivity contribution in [1.29, 1.82) is 0 Å². The zero-order chi connectivity index (χ0) is 17.2. The number of benzene rings is 3. The van der Waals surface area contributed by atoms with Crippen LogP contribution < -0.4 is 5.43 Å². The number of fused-ring (bicyclic) bond motifs is 1. The van der Waals surface area contributed by atoms with E-state index < -0.39 is 0 Å². The molecular weight excluding hydrogens is 306 g/mol. The Balaban J connectivity index is 1.96. The summed E-state index contributed by atoms with van der Waals surface area (Å²) in [4.78, 5) is 4.94. The van der Waals surface area contributed by atoms with Gasteiger partial charge in [0.1, 0.15) is 5.71 Å². The highest BCUT2D eigenvalue weighted by atomic mass is 15.3. The minimum atomic E-state index is 0.765.